The van der Waals surface area contributed by atoms with E-state index in [1.54, 1.807) is 42.1 Å². The van der Waals surface area contributed by atoms with Crippen molar-refractivity contribution in [3.8, 4) is 17.9 Å². The van der Waals surface area contributed by atoms with Crippen molar-refractivity contribution in [2.75, 3.05) is 16.8 Å². The molecule has 5 nitrogen and oxygen atoms in total. The average Bonchev–Trinajstić information content (AvgIpc) is 2.78. The molecule has 1 heterocycles. The molecule has 0 radical (unpaired) electrons. The molecule has 0 spiro atoms. The van der Waals surface area contributed by atoms with Crippen LogP contribution in [0.3, 0.4) is 0 Å². The van der Waals surface area contributed by atoms with Gasteiger partial charge in [-0.05, 0) is 61.6 Å². The molecular formula is C24H21ClN2O3S. The molecule has 2 aromatic carbocycles. The number of benzene rings is 2. The Morgan fingerprint density at radius 3 is 2.45 bits per heavy atom. The van der Waals surface area contributed by atoms with Gasteiger partial charge in [0.25, 0.3) is 5.91 Å². The van der Waals surface area contributed by atoms with E-state index in [1.807, 2.05) is 6.07 Å². The molecule has 1 unspecified atom stereocenters. The summed E-state index contributed by atoms with van der Waals surface area (Å²) >= 11 is 7.85. The van der Waals surface area contributed by atoms with Crippen LogP contribution in [-0.2, 0) is 4.79 Å². The molecular weight excluding hydrogens is 432 g/mol. The molecule has 0 aliphatic carbocycles. The number of Topliss-reactive ketones (excluding diaryl/α,β-unsaturated/α-hetero) is 1. The number of amides is 1. The summed E-state index contributed by atoms with van der Waals surface area (Å²) in [6.07, 6.45) is 1.33. The quantitative estimate of drug-likeness (QED) is 0.533. The summed E-state index contributed by atoms with van der Waals surface area (Å²) in [4.78, 5) is 24.6. The van der Waals surface area contributed by atoms with Gasteiger partial charge in [0, 0.05) is 22.7 Å². The molecule has 2 N–H and O–H groups in total. The van der Waals surface area contributed by atoms with E-state index >= 15 is 0 Å². The third-order valence-electron chi connectivity index (χ3n) is 5.19. The minimum atomic E-state index is -1.89. The smallest absolute Gasteiger partial charge is 0.269 e. The number of ketones is 1. The van der Waals surface area contributed by atoms with Crippen molar-refractivity contribution < 1.29 is 14.7 Å². The largest absolute Gasteiger partial charge is 0.369 e. The first kappa shape index (κ1) is 22.9. The molecule has 3 rings (SSSR count). The van der Waals surface area contributed by atoms with E-state index in [0.29, 0.717) is 35.2 Å². The highest BCUT2D eigenvalue weighted by atomic mass is 35.5. The van der Waals surface area contributed by atoms with Crippen molar-refractivity contribution in [2.24, 2.45) is 5.92 Å². The summed E-state index contributed by atoms with van der Waals surface area (Å²) in [6.45, 7) is 1.49. The van der Waals surface area contributed by atoms with Crippen LogP contribution in [0.1, 0.15) is 41.3 Å². The van der Waals surface area contributed by atoms with Crippen LogP contribution in [0.5, 0.6) is 0 Å². The van der Waals surface area contributed by atoms with Crippen LogP contribution in [0.25, 0.3) is 0 Å². The average molecular weight is 453 g/mol. The number of carbonyl (C=O) groups excluding carboxylic acids is 2. The third kappa shape index (κ3) is 5.48. The number of hydrogen-bond acceptors (Lipinski definition) is 5. The SMILES string of the molecule is CC(=O)c1ccc(C#CC(O)(C(=O)Nc2ccc(C#N)c(Cl)c2)C2CCSCC2)cc1. The minimum Gasteiger partial charge on any atom is -0.369 e. The van der Waals surface area contributed by atoms with Gasteiger partial charge in [0.05, 0.1) is 10.6 Å². The Morgan fingerprint density at radius 2 is 1.87 bits per heavy atom. The molecule has 2 aromatic rings. The van der Waals surface area contributed by atoms with E-state index in [0.717, 1.165) is 11.5 Å². The van der Waals surface area contributed by atoms with E-state index in [2.05, 4.69) is 17.2 Å². The van der Waals surface area contributed by atoms with Gasteiger partial charge in [-0.25, -0.2) is 0 Å². The lowest BCUT2D eigenvalue weighted by Crippen LogP contribution is -2.49. The van der Waals surface area contributed by atoms with Crippen molar-refractivity contribution in [3.05, 3.63) is 64.2 Å². The molecule has 1 atom stereocenters. The number of rotatable bonds is 4. The number of hydrogen-bond donors (Lipinski definition) is 2. The van der Waals surface area contributed by atoms with Crippen LogP contribution in [0.4, 0.5) is 5.69 Å². The number of thioether (sulfide) groups is 1. The van der Waals surface area contributed by atoms with Crippen LogP contribution < -0.4 is 5.32 Å². The topological polar surface area (TPSA) is 90.2 Å². The maximum atomic E-state index is 13.1. The maximum absolute atomic E-state index is 13.1. The van der Waals surface area contributed by atoms with Gasteiger partial charge in [0.1, 0.15) is 6.07 Å². The monoisotopic (exact) mass is 452 g/mol. The fourth-order valence-corrected chi connectivity index (χ4v) is 4.65. The second-order valence-corrected chi connectivity index (χ2v) is 8.93. The van der Waals surface area contributed by atoms with Gasteiger partial charge in [-0.1, -0.05) is 35.6 Å². The molecule has 158 valence electrons. The van der Waals surface area contributed by atoms with E-state index in [-0.39, 0.29) is 16.7 Å². The second kappa shape index (κ2) is 10.0. The maximum Gasteiger partial charge on any atom is 0.269 e. The van der Waals surface area contributed by atoms with E-state index in [1.165, 1.54) is 19.1 Å². The minimum absolute atomic E-state index is 0.0452. The van der Waals surface area contributed by atoms with Gasteiger partial charge in [0.15, 0.2) is 5.78 Å². The second-order valence-electron chi connectivity index (χ2n) is 7.30. The lowest BCUT2D eigenvalue weighted by atomic mass is 9.82. The van der Waals surface area contributed by atoms with Gasteiger partial charge in [0.2, 0.25) is 5.60 Å². The van der Waals surface area contributed by atoms with Crippen LogP contribution in [-0.4, -0.2) is 33.9 Å². The Morgan fingerprint density at radius 1 is 1.19 bits per heavy atom. The number of nitrogens with one attached hydrogen (secondary N) is 1. The van der Waals surface area contributed by atoms with E-state index in [9.17, 15) is 14.7 Å². The van der Waals surface area contributed by atoms with Crippen LogP contribution >= 0.6 is 23.4 Å². The first-order valence-corrected chi connectivity index (χ1v) is 11.3. The third-order valence-corrected chi connectivity index (χ3v) is 6.56. The lowest BCUT2D eigenvalue weighted by Gasteiger charge is -2.33. The predicted octanol–water partition coefficient (Wildman–Crippen LogP) is 4.28. The summed E-state index contributed by atoms with van der Waals surface area (Å²) in [5, 5.41) is 23.3. The first-order chi connectivity index (χ1) is 14.8. The van der Waals surface area contributed by atoms with Crippen molar-refractivity contribution >= 4 is 40.7 Å². The standard InChI is InChI=1S/C24H21ClN2O3S/c1-16(28)18-4-2-17(3-5-18)8-11-24(30,20-9-12-31-13-10-20)23(29)27-21-7-6-19(15-26)22(25)14-21/h2-7,14,20,30H,9-10,12-13H2,1H3,(H,27,29). The Kier molecular flexibility index (Phi) is 7.41. The van der Waals surface area contributed by atoms with Crippen molar-refractivity contribution in [3.63, 3.8) is 0 Å². The van der Waals surface area contributed by atoms with Gasteiger partial charge in [-0.15, -0.1) is 0 Å². The summed E-state index contributed by atoms with van der Waals surface area (Å²) in [5.41, 5.74) is -0.0396. The number of anilines is 1. The van der Waals surface area contributed by atoms with Crippen LogP contribution in [0.15, 0.2) is 42.5 Å². The summed E-state index contributed by atoms with van der Waals surface area (Å²) in [5.74, 6) is 6.40. The molecule has 1 aliphatic heterocycles. The molecule has 7 heteroatoms. The zero-order chi connectivity index (χ0) is 22.4. The molecule has 0 saturated carbocycles. The highest BCUT2D eigenvalue weighted by Crippen LogP contribution is 2.33. The zero-order valence-corrected chi connectivity index (χ0v) is 18.5. The molecule has 0 bridgehead atoms. The summed E-state index contributed by atoms with van der Waals surface area (Å²) in [6, 6.07) is 13.2. The van der Waals surface area contributed by atoms with Gasteiger partial charge >= 0.3 is 0 Å². The normalized spacial score (nSPS) is 15.7. The molecule has 1 amide bonds. The Hall–Kier alpha value is -2.77. The zero-order valence-electron chi connectivity index (χ0n) is 16.9. The highest BCUT2D eigenvalue weighted by Gasteiger charge is 2.43. The molecule has 1 aliphatic rings. The van der Waals surface area contributed by atoms with Gasteiger partial charge < -0.3 is 10.4 Å². The molecule has 31 heavy (non-hydrogen) atoms. The number of halogens is 1. The van der Waals surface area contributed by atoms with Crippen molar-refractivity contribution in [2.45, 2.75) is 25.4 Å². The van der Waals surface area contributed by atoms with E-state index in [4.69, 9.17) is 16.9 Å². The Bertz CT molecular complexity index is 1090. The van der Waals surface area contributed by atoms with Gasteiger partial charge in [-0.2, -0.15) is 17.0 Å². The highest BCUT2D eigenvalue weighted by molar-refractivity contribution is 7.99. The van der Waals surface area contributed by atoms with Crippen LogP contribution in [0.2, 0.25) is 5.02 Å². The van der Waals surface area contributed by atoms with Gasteiger partial charge in [-0.3, -0.25) is 9.59 Å². The lowest BCUT2D eigenvalue weighted by molar-refractivity contribution is -0.133. The Labute approximate surface area is 190 Å². The fraction of sp³-hybridized carbons (Fsp3) is 0.292. The summed E-state index contributed by atoms with van der Waals surface area (Å²) in [7, 11) is 0. The van der Waals surface area contributed by atoms with Crippen LogP contribution in [0, 0.1) is 29.1 Å². The van der Waals surface area contributed by atoms with E-state index < -0.39 is 11.5 Å². The molecule has 1 saturated heterocycles. The Balaban J connectivity index is 1.90. The number of aliphatic hydroxyl groups is 1. The fourth-order valence-electron chi connectivity index (χ4n) is 3.33. The summed E-state index contributed by atoms with van der Waals surface area (Å²) < 4.78 is 0. The first-order valence-electron chi connectivity index (χ1n) is 9.79. The van der Waals surface area contributed by atoms with Crippen molar-refractivity contribution in [1.82, 2.24) is 0 Å². The molecule has 0 aromatic heterocycles. The van der Waals surface area contributed by atoms with Crippen molar-refractivity contribution in [1.29, 1.82) is 5.26 Å². The predicted molar refractivity (Wildman–Crippen MR) is 123 cm³/mol. The number of nitriles is 1. The molecule has 1 fully saturated rings. The number of nitrogens with zero attached hydrogens (tertiary/aromatic N) is 1. The number of carbonyl (C=O) groups is 2.